The zero-order valence-electron chi connectivity index (χ0n) is 22.3. The van der Waals surface area contributed by atoms with Gasteiger partial charge in [-0.25, -0.2) is 5.10 Å². The van der Waals surface area contributed by atoms with Crippen LogP contribution in [0.25, 0.3) is 0 Å². The summed E-state index contributed by atoms with van der Waals surface area (Å²) >= 11 is 0. The van der Waals surface area contributed by atoms with Crippen molar-refractivity contribution >= 4 is 23.1 Å². The standard InChI is InChI=1S/C28H33N7O4/c1-16-10-11-19(14-17(16)2)24-26(37)23(28(38)35(24)12-13-39-3)30-29-22-9-5-8-21(25(22)36)18-6-4-7-20(15-18)27-31-33-34-32-27/h5,8-11,14,18,20,24,29,36H,4,6-7,12-13,15H2,1-3H3,(H,31,32,33,34). The van der Waals surface area contributed by atoms with Crippen LogP contribution in [0.3, 0.4) is 0 Å². The maximum Gasteiger partial charge on any atom is 0.279 e. The van der Waals surface area contributed by atoms with Crippen LogP contribution in [0.15, 0.2) is 41.5 Å². The molecule has 2 aliphatic rings. The first-order chi connectivity index (χ1) is 18.9. The van der Waals surface area contributed by atoms with Gasteiger partial charge in [0.25, 0.3) is 5.91 Å². The molecule has 1 aliphatic heterocycles. The van der Waals surface area contributed by atoms with Gasteiger partial charge in [-0.3, -0.25) is 15.0 Å². The van der Waals surface area contributed by atoms with E-state index in [0.29, 0.717) is 5.69 Å². The number of para-hydroxylation sites is 1. The number of aromatic hydroxyl groups is 1. The number of ketones is 1. The molecule has 2 fully saturated rings. The van der Waals surface area contributed by atoms with E-state index in [1.807, 2.05) is 44.2 Å². The number of aromatic amines is 1. The van der Waals surface area contributed by atoms with E-state index in [4.69, 9.17) is 4.74 Å². The van der Waals surface area contributed by atoms with Crippen molar-refractivity contribution in [3.05, 3.63) is 64.5 Å². The van der Waals surface area contributed by atoms with Crippen LogP contribution in [0.4, 0.5) is 5.69 Å². The smallest absolute Gasteiger partial charge is 0.279 e. The Morgan fingerprint density at radius 3 is 2.72 bits per heavy atom. The summed E-state index contributed by atoms with van der Waals surface area (Å²) in [6.45, 7) is 4.51. The number of phenols is 1. The van der Waals surface area contributed by atoms with Gasteiger partial charge in [-0.15, -0.1) is 5.10 Å². The van der Waals surface area contributed by atoms with Gasteiger partial charge in [-0.1, -0.05) is 36.8 Å². The van der Waals surface area contributed by atoms with Crippen LogP contribution in [0, 0.1) is 13.8 Å². The lowest BCUT2D eigenvalue weighted by Gasteiger charge is -2.28. The number of carbonyl (C=O) groups is 2. The molecule has 2 aromatic carbocycles. The lowest BCUT2D eigenvalue weighted by atomic mass is 9.77. The number of hydrazone groups is 1. The van der Waals surface area contributed by atoms with Gasteiger partial charge in [0.1, 0.15) is 11.8 Å². The van der Waals surface area contributed by atoms with Gasteiger partial charge in [0.05, 0.1) is 12.3 Å². The fourth-order valence-corrected chi connectivity index (χ4v) is 5.58. The van der Waals surface area contributed by atoms with Crippen molar-refractivity contribution in [2.24, 2.45) is 5.10 Å². The topological polar surface area (TPSA) is 146 Å². The van der Waals surface area contributed by atoms with Gasteiger partial charge >= 0.3 is 0 Å². The summed E-state index contributed by atoms with van der Waals surface area (Å²) in [4.78, 5) is 28.3. The number of benzene rings is 2. The molecule has 3 unspecified atom stereocenters. The molecule has 11 nitrogen and oxygen atoms in total. The number of aryl methyl sites for hydroxylation is 2. The molecule has 0 bridgehead atoms. The summed E-state index contributed by atoms with van der Waals surface area (Å²) in [6.07, 6.45) is 3.68. The predicted octanol–water partition coefficient (Wildman–Crippen LogP) is 3.53. The van der Waals surface area contributed by atoms with Crippen LogP contribution >= 0.6 is 0 Å². The zero-order valence-corrected chi connectivity index (χ0v) is 22.3. The number of hydrogen-bond donors (Lipinski definition) is 3. The van der Waals surface area contributed by atoms with Gasteiger partial charge in [0, 0.05) is 19.6 Å². The van der Waals surface area contributed by atoms with E-state index in [0.717, 1.165) is 53.8 Å². The minimum atomic E-state index is -0.780. The van der Waals surface area contributed by atoms with Gasteiger partial charge in [-0.2, -0.15) is 5.10 Å². The van der Waals surface area contributed by atoms with Crippen LogP contribution in [-0.4, -0.2) is 68.3 Å². The molecule has 0 radical (unpaired) electrons. The quantitative estimate of drug-likeness (QED) is 0.296. The van der Waals surface area contributed by atoms with Crippen molar-refractivity contribution in [2.75, 3.05) is 25.7 Å². The van der Waals surface area contributed by atoms with Crippen molar-refractivity contribution in [1.29, 1.82) is 0 Å². The van der Waals surface area contributed by atoms with Gasteiger partial charge in [0.15, 0.2) is 11.5 Å². The molecule has 11 heteroatoms. The number of carbonyl (C=O) groups excluding carboxylic acids is 2. The summed E-state index contributed by atoms with van der Waals surface area (Å²) < 4.78 is 5.19. The normalized spacial score (nSPS) is 22.6. The molecular formula is C28H33N7O4. The molecule has 3 atom stereocenters. The zero-order chi connectivity index (χ0) is 27.5. The number of Topliss-reactive ketones (excluding diaryl/α,β-unsaturated/α-hetero) is 1. The highest BCUT2D eigenvalue weighted by Gasteiger charge is 2.45. The van der Waals surface area contributed by atoms with E-state index in [-0.39, 0.29) is 36.4 Å². The molecule has 1 aromatic heterocycles. The fraction of sp³-hybridized carbons (Fsp3) is 0.429. The number of rotatable bonds is 8. The van der Waals surface area contributed by atoms with Crippen LogP contribution in [0.5, 0.6) is 5.75 Å². The van der Waals surface area contributed by atoms with Crippen molar-refractivity contribution in [2.45, 2.75) is 57.4 Å². The molecule has 1 saturated heterocycles. The Hall–Kier alpha value is -4.12. The van der Waals surface area contributed by atoms with Crippen molar-refractivity contribution in [1.82, 2.24) is 25.5 Å². The lowest BCUT2D eigenvalue weighted by molar-refractivity contribution is -0.127. The van der Waals surface area contributed by atoms with Crippen LogP contribution in [0.1, 0.15) is 71.6 Å². The Morgan fingerprint density at radius 1 is 1.15 bits per heavy atom. The molecule has 1 aliphatic carbocycles. The Bertz CT molecular complexity index is 1390. The first-order valence-electron chi connectivity index (χ1n) is 13.2. The van der Waals surface area contributed by atoms with Gasteiger partial charge in [-0.05, 0) is 77.8 Å². The van der Waals surface area contributed by atoms with E-state index >= 15 is 0 Å². The molecule has 2 heterocycles. The second-order valence-corrected chi connectivity index (χ2v) is 10.3. The molecule has 1 saturated carbocycles. The Kier molecular flexibility index (Phi) is 7.69. The molecule has 5 rings (SSSR count). The summed E-state index contributed by atoms with van der Waals surface area (Å²) in [7, 11) is 1.55. The SMILES string of the molecule is COCCN1C(=O)C(=NNc2cccc(C3CCCC(c4nnn[nH]4)C3)c2O)C(=O)C1c1ccc(C)c(C)c1. The maximum atomic E-state index is 13.5. The number of anilines is 1. The number of aromatic nitrogens is 4. The van der Waals surface area contributed by atoms with Crippen LogP contribution < -0.4 is 5.43 Å². The number of ether oxygens (including phenoxy) is 1. The second-order valence-electron chi connectivity index (χ2n) is 10.3. The molecule has 3 N–H and O–H groups in total. The molecule has 3 aromatic rings. The first-order valence-corrected chi connectivity index (χ1v) is 13.2. The van der Waals surface area contributed by atoms with E-state index in [2.05, 4.69) is 31.2 Å². The van der Waals surface area contributed by atoms with Crippen LogP contribution in [-0.2, 0) is 14.3 Å². The van der Waals surface area contributed by atoms with E-state index in [1.165, 1.54) is 4.90 Å². The summed E-state index contributed by atoms with van der Waals surface area (Å²) in [6, 6.07) is 10.4. The average Bonchev–Trinajstić information content (AvgIpc) is 3.56. The second kappa shape index (κ2) is 11.3. The number of nitrogens with one attached hydrogen (secondary N) is 2. The number of tetrazole rings is 1. The molecular weight excluding hydrogens is 498 g/mol. The highest BCUT2D eigenvalue weighted by Crippen LogP contribution is 2.44. The predicted molar refractivity (Wildman–Crippen MR) is 145 cm³/mol. The summed E-state index contributed by atoms with van der Waals surface area (Å²) in [5.74, 6) is 0.246. The minimum absolute atomic E-state index is 0.0584. The number of hydrogen-bond acceptors (Lipinski definition) is 9. The maximum absolute atomic E-state index is 13.5. The Labute approximate surface area is 226 Å². The van der Waals surface area contributed by atoms with Gasteiger partial charge in [0.2, 0.25) is 5.78 Å². The monoisotopic (exact) mass is 531 g/mol. The molecule has 204 valence electrons. The number of amides is 1. The van der Waals surface area contributed by atoms with E-state index < -0.39 is 17.7 Å². The van der Waals surface area contributed by atoms with Gasteiger partial charge < -0.3 is 14.7 Å². The minimum Gasteiger partial charge on any atom is -0.505 e. The van der Waals surface area contributed by atoms with Crippen molar-refractivity contribution in [3.8, 4) is 5.75 Å². The van der Waals surface area contributed by atoms with Crippen LogP contribution in [0.2, 0.25) is 0 Å². The highest BCUT2D eigenvalue weighted by molar-refractivity contribution is 6.69. The third kappa shape index (κ3) is 5.26. The summed E-state index contributed by atoms with van der Waals surface area (Å²) in [5, 5.41) is 29.7. The Balaban J connectivity index is 1.39. The van der Waals surface area contributed by atoms with Crippen molar-refractivity contribution < 1.29 is 19.4 Å². The first kappa shape index (κ1) is 26.5. The summed E-state index contributed by atoms with van der Waals surface area (Å²) in [5.41, 5.74) is 6.60. The van der Waals surface area contributed by atoms with E-state index in [1.54, 1.807) is 13.2 Å². The highest BCUT2D eigenvalue weighted by atomic mass is 16.5. The average molecular weight is 532 g/mol. The van der Waals surface area contributed by atoms with Crippen molar-refractivity contribution in [3.63, 3.8) is 0 Å². The molecule has 39 heavy (non-hydrogen) atoms. The number of methoxy groups -OCH3 is 1. The third-order valence-electron chi connectivity index (χ3n) is 7.86. The number of nitrogens with zero attached hydrogens (tertiary/aromatic N) is 5. The molecule has 0 spiro atoms. The van der Waals surface area contributed by atoms with E-state index in [9.17, 15) is 14.7 Å². The lowest BCUT2D eigenvalue weighted by Crippen LogP contribution is -2.33. The Morgan fingerprint density at radius 2 is 1.97 bits per heavy atom. The number of phenolic OH excluding ortho intramolecular Hbond substituents is 1. The number of H-pyrrole nitrogens is 1. The number of likely N-dealkylation sites (tertiary alicyclic amines) is 1. The fourth-order valence-electron chi connectivity index (χ4n) is 5.58. The third-order valence-corrected chi connectivity index (χ3v) is 7.86. The largest absolute Gasteiger partial charge is 0.505 e. The molecule has 1 amide bonds.